The van der Waals surface area contributed by atoms with Crippen LogP contribution in [0.1, 0.15) is 12.0 Å². The average molecular weight is 438 g/mol. The second kappa shape index (κ2) is 8.70. The summed E-state index contributed by atoms with van der Waals surface area (Å²) < 4.78 is 5.42. The van der Waals surface area contributed by atoms with Gasteiger partial charge < -0.3 is 14.7 Å². The first kappa shape index (κ1) is 20.6. The molecule has 4 aromatic rings. The molecule has 164 valence electrons. The number of amides is 2. The van der Waals surface area contributed by atoms with Crippen LogP contribution in [0.4, 0.5) is 11.4 Å². The zero-order valence-electron chi connectivity index (χ0n) is 18.1. The van der Waals surface area contributed by atoms with E-state index in [2.05, 4.69) is 15.5 Å². The number of carbonyl (C=O) groups excluding carboxylic acids is 2. The molecule has 33 heavy (non-hydrogen) atoms. The van der Waals surface area contributed by atoms with Crippen molar-refractivity contribution in [2.45, 2.75) is 13.3 Å². The van der Waals surface area contributed by atoms with Crippen LogP contribution in [0.25, 0.3) is 22.8 Å². The highest BCUT2D eigenvalue weighted by Gasteiger charge is 2.35. The fourth-order valence-corrected chi connectivity index (χ4v) is 3.92. The number of rotatable bonds is 5. The molecule has 2 amide bonds. The molecule has 7 nitrogen and oxygen atoms in total. The molecule has 0 radical (unpaired) electrons. The van der Waals surface area contributed by atoms with Crippen molar-refractivity contribution in [1.29, 1.82) is 0 Å². The van der Waals surface area contributed by atoms with E-state index in [-0.39, 0.29) is 18.2 Å². The van der Waals surface area contributed by atoms with Gasteiger partial charge in [-0.3, -0.25) is 9.59 Å². The number of aryl methyl sites for hydroxylation is 1. The normalized spacial score (nSPS) is 15.6. The van der Waals surface area contributed by atoms with E-state index in [1.165, 1.54) is 0 Å². The summed E-state index contributed by atoms with van der Waals surface area (Å²) in [6.45, 7) is 2.38. The van der Waals surface area contributed by atoms with Gasteiger partial charge in [0.25, 0.3) is 5.89 Å². The topological polar surface area (TPSA) is 88.3 Å². The number of carbonyl (C=O) groups is 2. The molecule has 1 atom stereocenters. The molecule has 2 heterocycles. The second-order valence-corrected chi connectivity index (χ2v) is 8.10. The molecule has 0 saturated carbocycles. The highest BCUT2D eigenvalue weighted by Crippen LogP contribution is 2.27. The minimum Gasteiger partial charge on any atom is -0.334 e. The Morgan fingerprint density at radius 3 is 2.55 bits per heavy atom. The molecule has 0 spiro atoms. The van der Waals surface area contributed by atoms with Crippen molar-refractivity contribution in [3.8, 4) is 22.8 Å². The molecule has 0 bridgehead atoms. The van der Waals surface area contributed by atoms with Gasteiger partial charge in [-0.1, -0.05) is 47.1 Å². The van der Waals surface area contributed by atoms with Gasteiger partial charge in [0.15, 0.2) is 0 Å². The molecule has 5 rings (SSSR count). The number of nitrogens with one attached hydrogen (secondary N) is 1. The minimum absolute atomic E-state index is 0.0440. The van der Waals surface area contributed by atoms with Gasteiger partial charge in [-0.05, 0) is 49.4 Å². The fraction of sp³-hybridized carbons (Fsp3) is 0.154. The van der Waals surface area contributed by atoms with Crippen LogP contribution in [-0.4, -0.2) is 28.5 Å². The number of aromatic nitrogens is 2. The van der Waals surface area contributed by atoms with Gasteiger partial charge in [0, 0.05) is 35.5 Å². The van der Waals surface area contributed by atoms with Crippen LogP contribution >= 0.6 is 0 Å². The van der Waals surface area contributed by atoms with Gasteiger partial charge in [-0.2, -0.15) is 4.98 Å². The number of hydrogen-bond donors (Lipinski definition) is 1. The number of anilines is 2. The molecular formula is C26H22N4O3. The quantitative estimate of drug-likeness (QED) is 0.488. The van der Waals surface area contributed by atoms with Crippen LogP contribution in [0.2, 0.25) is 0 Å². The first-order valence-corrected chi connectivity index (χ1v) is 10.7. The molecule has 7 heteroatoms. The number of para-hydroxylation sites is 1. The van der Waals surface area contributed by atoms with E-state index in [1.54, 1.807) is 17.0 Å². The predicted octanol–water partition coefficient (Wildman–Crippen LogP) is 4.70. The number of nitrogens with zero attached hydrogens (tertiary/aromatic N) is 3. The van der Waals surface area contributed by atoms with Crippen LogP contribution in [0, 0.1) is 12.8 Å². The van der Waals surface area contributed by atoms with Gasteiger partial charge in [0.2, 0.25) is 17.6 Å². The second-order valence-electron chi connectivity index (χ2n) is 8.10. The third kappa shape index (κ3) is 4.39. The summed E-state index contributed by atoms with van der Waals surface area (Å²) in [6, 6.07) is 24.5. The maximum atomic E-state index is 12.7. The molecule has 1 fully saturated rings. The smallest absolute Gasteiger partial charge is 0.258 e. The lowest BCUT2D eigenvalue weighted by atomic mass is 10.1. The van der Waals surface area contributed by atoms with Gasteiger partial charge in [-0.25, -0.2) is 0 Å². The summed E-state index contributed by atoms with van der Waals surface area (Å²) in [5.74, 6) is 0.320. The van der Waals surface area contributed by atoms with Gasteiger partial charge >= 0.3 is 0 Å². The van der Waals surface area contributed by atoms with E-state index in [4.69, 9.17) is 4.52 Å². The molecule has 1 aromatic heterocycles. The summed E-state index contributed by atoms with van der Waals surface area (Å²) in [6.07, 6.45) is 0.197. The van der Waals surface area contributed by atoms with E-state index in [9.17, 15) is 9.59 Å². The van der Waals surface area contributed by atoms with Crippen LogP contribution in [0.15, 0.2) is 83.4 Å². The average Bonchev–Trinajstić information content (AvgIpc) is 3.48. The Morgan fingerprint density at radius 1 is 1.00 bits per heavy atom. The molecule has 1 unspecified atom stereocenters. The molecule has 1 aliphatic heterocycles. The molecule has 1 saturated heterocycles. The molecule has 1 N–H and O–H groups in total. The minimum atomic E-state index is -0.398. The van der Waals surface area contributed by atoms with Gasteiger partial charge in [-0.15, -0.1) is 0 Å². The van der Waals surface area contributed by atoms with Crippen molar-refractivity contribution in [2.75, 3.05) is 16.8 Å². The summed E-state index contributed by atoms with van der Waals surface area (Å²) >= 11 is 0. The molecule has 1 aliphatic rings. The zero-order valence-corrected chi connectivity index (χ0v) is 18.1. The van der Waals surface area contributed by atoms with E-state index < -0.39 is 5.92 Å². The monoisotopic (exact) mass is 438 g/mol. The lowest BCUT2D eigenvalue weighted by Gasteiger charge is -2.16. The summed E-state index contributed by atoms with van der Waals surface area (Å²) in [4.78, 5) is 31.3. The van der Waals surface area contributed by atoms with Crippen LogP contribution in [-0.2, 0) is 9.59 Å². The maximum Gasteiger partial charge on any atom is 0.258 e. The standard InChI is InChI=1S/C26H22N4O3/c1-17-6-5-7-19(14-17)24-28-26(33-29-24)18-10-12-21(13-11-18)27-25(32)20-15-23(31)30(16-20)22-8-3-2-4-9-22/h2-14,20H,15-16H2,1H3,(H,27,32). The number of benzene rings is 3. The van der Waals surface area contributed by atoms with E-state index in [0.29, 0.717) is 23.9 Å². The van der Waals surface area contributed by atoms with E-state index >= 15 is 0 Å². The number of hydrogen-bond acceptors (Lipinski definition) is 5. The maximum absolute atomic E-state index is 12.7. The first-order chi connectivity index (χ1) is 16.1. The highest BCUT2D eigenvalue weighted by atomic mass is 16.5. The molecule has 0 aliphatic carbocycles. The summed E-state index contributed by atoms with van der Waals surface area (Å²) in [7, 11) is 0. The lowest BCUT2D eigenvalue weighted by Crippen LogP contribution is -2.28. The Hall–Kier alpha value is -4.26. The third-order valence-corrected chi connectivity index (χ3v) is 5.67. The van der Waals surface area contributed by atoms with Crippen molar-refractivity contribution in [1.82, 2.24) is 10.1 Å². The van der Waals surface area contributed by atoms with E-state index in [0.717, 1.165) is 22.4 Å². The molecular weight excluding hydrogens is 416 g/mol. The Bertz CT molecular complexity index is 1300. The zero-order chi connectivity index (χ0) is 22.8. The SMILES string of the molecule is Cc1cccc(-c2noc(-c3ccc(NC(=O)C4CC(=O)N(c5ccccc5)C4)cc3)n2)c1. The van der Waals surface area contributed by atoms with Crippen LogP contribution < -0.4 is 10.2 Å². The van der Waals surface area contributed by atoms with Crippen LogP contribution in [0.3, 0.4) is 0 Å². The van der Waals surface area contributed by atoms with Crippen molar-refractivity contribution >= 4 is 23.2 Å². The highest BCUT2D eigenvalue weighted by molar-refractivity contribution is 6.03. The summed E-state index contributed by atoms with van der Waals surface area (Å²) in [5, 5.41) is 6.98. The first-order valence-electron chi connectivity index (χ1n) is 10.7. The molecule has 3 aromatic carbocycles. The van der Waals surface area contributed by atoms with Crippen LogP contribution in [0.5, 0.6) is 0 Å². The third-order valence-electron chi connectivity index (χ3n) is 5.67. The largest absolute Gasteiger partial charge is 0.334 e. The van der Waals surface area contributed by atoms with E-state index in [1.807, 2.05) is 73.7 Å². The summed E-state index contributed by atoms with van der Waals surface area (Å²) in [5.41, 5.74) is 4.23. The Morgan fingerprint density at radius 2 is 1.79 bits per heavy atom. The Labute approximate surface area is 191 Å². The van der Waals surface area contributed by atoms with Gasteiger partial charge in [0.1, 0.15) is 0 Å². The Kier molecular flexibility index (Phi) is 5.44. The van der Waals surface area contributed by atoms with Crippen molar-refractivity contribution in [2.24, 2.45) is 5.92 Å². The fourth-order valence-electron chi connectivity index (χ4n) is 3.92. The lowest BCUT2D eigenvalue weighted by molar-refractivity contribution is -0.122. The van der Waals surface area contributed by atoms with Crippen molar-refractivity contribution < 1.29 is 14.1 Å². The van der Waals surface area contributed by atoms with Crippen molar-refractivity contribution in [3.05, 3.63) is 84.4 Å². The van der Waals surface area contributed by atoms with Gasteiger partial charge in [0.05, 0.1) is 5.92 Å². The van der Waals surface area contributed by atoms with Crippen molar-refractivity contribution in [3.63, 3.8) is 0 Å². The predicted molar refractivity (Wildman–Crippen MR) is 125 cm³/mol. The Balaban J connectivity index is 1.24.